The molecule has 1 unspecified atom stereocenters. The fourth-order valence-electron chi connectivity index (χ4n) is 4.90. The second-order valence-corrected chi connectivity index (χ2v) is 11.3. The van der Waals surface area contributed by atoms with Crippen molar-refractivity contribution in [1.82, 2.24) is 9.21 Å². The topological polar surface area (TPSA) is 86.8 Å². The first-order valence-corrected chi connectivity index (χ1v) is 13.5. The first kappa shape index (κ1) is 24.4. The molecule has 1 saturated heterocycles. The van der Waals surface area contributed by atoms with Gasteiger partial charge in [-0.25, -0.2) is 8.42 Å². The van der Waals surface area contributed by atoms with Crippen molar-refractivity contribution in [2.75, 3.05) is 25.5 Å². The van der Waals surface area contributed by atoms with Crippen LogP contribution in [0.4, 0.5) is 5.69 Å². The molecule has 1 aliphatic carbocycles. The molecular weight excluding hydrogens is 450 g/mol. The number of benzene rings is 2. The van der Waals surface area contributed by atoms with Gasteiger partial charge in [0, 0.05) is 37.4 Å². The maximum Gasteiger partial charge on any atom is 0.253 e. The Bertz CT molecular complexity index is 1100. The average Bonchev–Trinajstić information content (AvgIpc) is 2.89. The Morgan fingerprint density at radius 2 is 1.59 bits per heavy atom. The highest BCUT2D eigenvalue weighted by atomic mass is 32.2. The monoisotopic (exact) mass is 483 g/mol. The lowest BCUT2D eigenvalue weighted by atomic mass is 9.96. The summed E-state index contributed by atoms with van der Waals surface area (Å²) < 4.78 is 27.6. The van der Waals surface area contributed by atoms with Gasteiger partial charge in [0.25, 0.3) is 5.91 Å². The summed E-state index contributed by atoms with van der Waals surface area (Å²) in [6, 6.07) is 15.5. The molecule has 2 aromatic rings. The standard InChI is InChI=1S/C26H33N3O4S/c1-28(23-12-6-3-7-13-23)34(32,33)24-16-14-20(15-17-24)26(31)29-18-8-9-21(19-29)25(30)27-22-10-4-2-5-11-22/h2,4-5,10-11,14-17,21,23H,3,6-9,12-13,18-19H2,1H3,(H,27,30). The molecule has 1 saturated carbocycles. The van der Waals surface area contributed by atoms with Crippen LogP contribution in [0.5, 0.6) is 0 Å². The largest absolute Gasteiger partial charge is 0.338 e. The Morgan fingerprint density at radius 3 is 2.26 bits per heavy atom. The zero-order valence-corrected chi connectivity index (χ0v) is 20.5. The summed E-state index contributed by atoms with van der Waals surface area (Å²) in [7, 11) is -1.95. The van der Waals surface area contributed by atoms with Crippen LogP contribution in [0.3, 0.4) is 0 Å². The van der Waals surface area contributed by atoms with Gasteiger partial charge in [0.1, 0.15) is 0 Å². The van der Waals surface area contributed by atoms with Gasteiger partial charge in [0.15, 0.2) is 0 Å². The third kappa shape index (κ3) is 5.50. The number of nitrogens with zero attached hydrogens (tertiary/aromatic N) is 2. The quantitative estimate of drug-likeness (QED) is 0.669. The van der Waals surface area contributed by atoms with Crippen LogP contribution in [-0.4, -0.2) is 55.6 Å². The highest BCUT2D eigenvalue weighted by molar-refractivity contribution is 7.89. The van der Waals surface area contributed by atoms with Crippen LogP contribution in [0, 0.1) is 5.92 Å². The molecule has 0 bridgehead atoms. The van der Waals surface area contributed by atoms with E-state index in [1.54, 1.807) is 24.1 Å². The number of hydrogen-bond donors (Lipinski definition) is 1. The van der Waals surface area contributed by atoms with E-state index in [-0.39, 0.29) is 28.7 Å². The van der Waals surface area contributed by atoms with E-state index in [4.69, 9.17) is 0 Å². The van der Waals surface area contributed by atoms with Gasteiger partial charge in [-0.15, -0.1) is 0 Å². The summed E-state index contributed by atoms with van der Waals surface area (Å²) in [6.45, 7) is 0.931. The van der Waals surface area contributed by atoms with Gasteiger partial charge in [0.05, 0.1) is 10.8 Å². The Labute approximate surface area is 202 Å². The normalized spacial score (nSPS) is 19.7. The molecule has 2 aliphatic rings. The first-order valence-electron chi connectivity index (χ1n) is 12.1. The number of rotatable bonds is 6. The van der Waals surface area contributed by atoms with Crippen LogP contribution in [0.15, 0.2) is 59.5 Å². The molecule has 2 fully saturated rings. The molecule has 8 heteroatoms. The number of carbonyl (C=O) groups is 2. The Balaban J connectivity index is 1.40. The van der Waals surface area contributed by atoms with Gasteiger partial charge in [-0.3, -0.25) is 9.59 Å². The smallest absolute Gasteiger partial charge is 0.253 e. The molecule has 2 amide bonds. The molecular formula is C26H33N3O4S. The molecule has 4 rings (SSSR count). The second-order valence-electron chi connectivity index (χ2n) is 9.28. The number of para-hydroxylation sites is 1. The SMILES string of the molecule is CN(C1CCCCC1)S(=O)(=O)c1ccc(C(=O)N2CCCC(C(=O)Nc3ccccc3)C2)cc1. The second kappa shape index (κ2) is 10.7. The molecule has 182 valence electrons. The number of likely N-dealkylation sites (tertiary alicyclic amines) is 1. The van der Waals surface area contributed by atoms with Crippen molar-refractivity contribution in [3.8, 4) is 0 Å². The van der Waals surface area contributed by atoms with E-state index in [2.05, 4.69) is 5.32 Å². The van der Waals surface area contributed by atoms with E-state index in [1.807, 2.05) is 30.3 Å². The fraction of sp³-hybridized carbons (Fsp3) is 0.462. The highest BCUT2D eigenvalue weighted by Crippen LogP contribution is 2.27. The van der Waals surface area contributed by atoms with Crippen molar-refractivity contribution in [3.63, 3.8) is 0 Å². The van der Waals surface area contributed by atoms with E-state index in [0.717, 1.165) is 50.6 Å². The number of amides is 2. The van der Waals surface area contributed by atoms with Crippen LogP contribution in [0.25, 0.3) is 0 Å². The summed E-state index contributed by atoms with van der Waals surface area (Å²) in [5.74, 6) is -0.542. The van der Waals surface area contributed by atoms with Crippen LogP contribution in [0.2, 0.25) is 0 Å². The van der Waals surface area contributed by atoms with Crippen molar-refractivity contribution in [1.29, 1.82) is 0 Å². The average molecular weight is 484 g/mol. The van der Waals surface area contributed by atoms with Crippen molar-refractivity contribution in [2.24, 2.45) is 5.92 Å². The van der Waals surface area contributed by atoms with Crippen molar-refractivity contribution >= 4 is 27.5 Å². The number of nitrogens with one attached hydrogen (secondary N) is 1. The predicted octanol–water partition coefficient (Wildman–Crippen LogP) is 4.13. The lowest BCUT2D eigenvalue weighted by Gasteiger charge is -2.32. The molecule has 34 heavy (non-hydrogen) atoms. The summed E-state index contributed by atoms with van der Waals surface area (Å²) in [5, 5.41) is 2.92. The van der Waals surface area contributed by atoms with Gasteiger partial charge in [-0.2, -0.15) is 4.31 Å². The van der Waals surface area contributed by atoms with Gasteiger partial charge >= 0.3 is 0 Å². The van der Waals surface area contributed by atoms with Gasteiger partial charge in [-0.1, -0.05) is 37.5 Å². The van der Waals surface area contributed by atoms with E-state index < -0.39 is 10.0 Å². The Hall–Kier alpha value is -2.71. The third-order valence-corrected chi connectivity index (χ3v) is 8.91. The van der Waals surface area contributed by atoms with Crippen molar-refractivity contribution in [2.45, 2.75) is 55.9 Å². The molecule has 0 radical (unpaired) electrons. The molecule has 7 nitrogen and oxygen atoms in total. The maximum atomic E-state index is 13.1. The van der Waals surface area contributed by atoms with E-state index in [9.17, 15) is 18.0 Å². The zero-order valence-electron chi connectivity index (χ0n) is 19.7. The Kier molecular flexibility index (Phi) is 7.68. The number of piperidine rings is 1. The van der Waals surface area contributed by atoms with Crippen molar-refractivity contribution < 1.29 is 18.0 Å². The van der Waals surface area contributed by atoms with Crippen LogP contribution in [-0.2, 0) is 14.8 Å². The number of carbonyl (C=O) groups excluding carboxylic acids is 2. The maximum absolute atomic E-state index is 13.1. The first-order chi connectivity index (χ1) is 16.4. The van der Waals surface area contributed by atoms with Crippen molar-refractivity contribution in [3.05, 3.63) is 60.2 Å². The third-order valence-electron chi connectivity index (χ3n) is 6.99. The molecule has 0 spiro atoms. The summed E-state index contributed by atoms with van der Waals surface area (Å²) >= 11 is 0. The van der Waals surface area contributed by atoms with Crippen LogP contribution in [0.1, 0.15) is 55.3 Å². The number of hydrogen-bond acceptors (Lipinski definition) is 4. The summed E-state index contributed by atoms with van der Waals surface area (Å²) in [5.41, 5.74) is 1.18. The lowest BCUT2D eigenvalue weighted by Crippen LogP contribution is -2.43. The van der Waals surface area contributed by atoms with Gasteiger partial charge in [0.2, 0.25) is 15.9 Å². The predicted molar refractivity (Wildman–Crippen MR) is 132 cm³/mol. The van der Waals surface area contributed by atoms with Gasteiger partial charge < -0.3 is 10.2 Å². The lowest BCUT2D eigenvalue weighted by molar-refractivity contribution is -0.121. The molecule has 1 atom stereocenters. The number of anilines is 1. The van der Waals surface area contributed by atoms with Crippen LogP contribution < -0.4 is 5.32 Å². The van der Waals surface area contributed by atoms with Gasteiger partial charge in [-0.05, 0) is 62.1 Å². The molecule has 0 aromatic heterocycles. The minimum Gasteiger partial charge on any atom is -0.338 e. The van der Waals surface area contributed by atoms with Crippen LogP contribution >= 0.6 is 0 Å². The molecule has 1 heterocycles. The molecule has 2 aromatic carbocycles. The van der Waals surface area contributed by atoms with E-state index in [1.165, 1.54) is 16.4 Å². The summed E-state index contributed by atoms with van der Waals surface area (Å²) in [4.78, 5) is 27.7. The molecule has 1 N–H and O–H groups in total. The van der Waals surface area contributed by atoms with E-state index in [0.29, 0.717) is 18.7 Å². The summed E-state index contributed by atoms with van der Waals surface area (Å²) in [6.07, 6.45) is 6.52. The molecule has 1 aliphatic heterocycles. The zero-order chi connectivity index (χ0) is 24.1. The minimum atomic E-state index is -3.60. The minimum absolute atomic E-state index is 0.0346. The van der Waals surface area contributed by atoms with E-state index >= 15 is 0 Å². The Morgan fingerprint density at radius 1 is 0.912 bits per heavy atom. The fourth-order valence-corrected chi connectivity index (χ4v) is 6.32. The number of sulfonamides is 1. The highest BCUT2D eigenvalue weighted by Gasteiger charge is 2.31.